The molecule has 1 aliphatic rings. The summed E-state index contributed by atoms with van der Waals surface area (Å²) in [6, 6.07) is 11.7. The molecule has 0 saturated heterocycles. The van der Waals surface area contributed by atoms with Gasteiger partial charge in [-0.15, -0.1) is 0 Å². The van der Waals surface area contributed by atoms with Crippen molar-refractivity contribution in [3.05, 3.63) is 48.8 Å². The highest BCUT2D eigenvalue weighted by Crippen LogP contribution is 2.35. The Hall–Kier alpha value is -2.82. The average molecular weight is 279 g/mol. The van der Waals surface area contributed by atoms with Crippen LogP contribution >= 0.6 is 0 Å². The lowest BCUT2D eigenvalue weighted by Crippen LogP contribution is -2.35. The van der Waals surface area contributed by atoms with Gasteiger partial charge in [-0.2, -0.15) is 0 Å². The third-order valence-electron chi connectivity index (χ3n) is 3.71. The highest BCUT2D eigenvalue weighted by atomic mass is 16.5. The number of imidazole rings is 1. The summed E-state index contributed by atoms with van der Waals surface area (Å²) in [4.78, 5) is 17.9. The molecule has 5 nitrogen and oxygen atoms in total. The Morgan fingerprint density at radius 3 is 3.00 bits per heavy atom. The molecule has 21 heavy (non-hydrogen) atoms. The number of rotatable bonds is 1. The second kappa shape index (κ2) is 4.34. The lowest BCUT2D eigenvalue weighted by atomic mass is 10.1. The first-order valence-corrected chi connectivity index (χ1v) is 6.70. The Morgan fingerprint density at radius 1 is 1.24 bits per heavy atom. The molecule has 1 aromatic carbocycles. The van der Waals surface area contributed by atoms with Crippen molar-refractivity contribution < 1.29 is 9.53 Å². The molecule has 2 aromatic heterocycles. The molecule has 5 heteroatoms. The van der Waals surface area contributed by atoms with Crippen LogP contribution in [0.25, 0.3) is 16.9 Å². The van der Waals surface area contributed by atoms with Crippen molar-refractivity contribution in [2.24, 2.45) is 0 Å². The number of nitrogens with zero attached hydrogens (tertiary/aromatic N) is 3. The fourth-order valence-electron chi connectivity index (χ4n) is 2.51. The normalized spacial score (nSPS) is 14.1. The van der Waals surface area contributed by atoms with E-state index in [1.165, 1.54) is 0 Å². The Bertz CT molecular complexity index is 821. The molecule has 0 fully saturated rings. The molecule has 0 saturated carbocycles. The summed E-state index contributed by atoms with van der Waals surface area (Å²) in [7, 11) is 1.76. The fourth-order valence-corrected chi connectivity index (χ4v) is 2.51. The monoisotopic (exact) mass is 279 g/mol. The maximum Gasteiger partial charge on any atom is 0.264 e. The van der Waals surface area contributed by atoms with Gasteiger partial charge in [0.05, 0.1) is 11.4 Å². The van der Waals surface area contributed by atoms with E-state index in [0.29, 0.717) is 0 Å². The number of ether oxygens (including phenoxy) is 1. The van der Waals surface area contributed by atoms with E-state index >= 15 is 0 Å². The Labute approximate surface area is 121 Å². The second-order valence-electron chi connectivity index (χ2n) is 5.02. The van der Waals surface area contributed by atoms with Gasteiger partial charge in [0.25, 0.3) is 5.91 Å². The summed E-state index contributed by atoms with van der Waals surface area (Å²) in [6.07, 6.45) is 3.94. The van der Waals surface area contributed by atoms with Gasteiger partial charge in [0.15, 0.2) is 6.61 Å². The number of amides is 1. The van der Waals surface area contributed by atoms with Gasteiger partial charge in [-0.25, -0.2) is 4.98 Å². The summed E-state index contributed by atoms with van der Waals surface area (Å²) in [6.45, 7) is 0.0945. The quantitative estimate of drug-likeness (QED) is 0.687. The largest absolute Gasteiger partial charge is 0.482 e. The zero-order valence-corrected chi connectivity index (χ0v) is 11.5. The van der Waals surface area contributed by atoms with E-state index in [4.69, 9.17) is 4.74 Å². The lowest BCUT2D eigenvalue weighted by Gasteiger charge is -2.26. The zero-order chi connectivity index (χ0) is 14.4. The first-order chi connectivity index (χ1) is 10.2. The number of pyridine rings is 1. The van der Waals surface area contributed by atoms with Crippen LogP contribution in [0, 0.1) is 0 Å². The van der Waals surface area contributed by atoms with Crippen LogP contribution in [0.5, 0.6) is 5.75 Å². The molecule has 0 atom stereocenters. The van der Waals surface area contributed by atoms with Crippen LogP contribution in [0.3, 0.4) is 0 Å². The predicted molar refractivity (Wildman–Crippen MR) is 79.5 cm³/mol. The number of carbonyl (C=O) groups is 1. The molecule has 1 aliphatic heterocycles. The molecule has 0 spiro atoms. The average Bonchev–Trinajstić information content (AvgIpc) is 2.95. The van der Waals surface area contributed by atoms with Crippen LogP contribution in [0.2, 0.25) is 0 Å². The van der Waals surface area contributed by atoms with Gasteiger partial charge in [0.1, 0.15) is 11.4 Å². The number of benzene rings is 1. The van der Waals surface area contributed by atoms with Crippen molar-refractivity contribution in [2.45, 2.75) is 0 Å². The fraction of sp³-hybridized carbons (Fsp3) is 0.125. The molecule has 4 rings (SSSR count). The van der Waals surface area contributed by atoms with Gasteiger partial charge >= 0.3 is 0 Å². The number of hydrogen-bond acceptors (Lipinski definition) is 3. The lowest BCUT2D eigenvalue weighted by molar-refractivity contribution is -0.120. The SMILES string of the molecule is CN1C(=O)COc2ccc(-c3cn4ccccc4n3)cc21. The van der Waals surface area contributed by atoms with Crippen LogP contribution in [0.1, 0.15) is 0 Å². The third-order valence-corrected chi connectivity index (χ3v) is 3.71. The van der Waals surface area contributed by atoms with Crippen molar-refractivity contribution >= 4 is 17.2 Å². The van der Waals surface area contributed by atoms with Crippen LogP contribution in [0.15, 0.2) is 48.8 Å². The molecule has 0 radical (unpaired) electrons. The topological polar surface area (TPSA) is 46.8 Å². The van der Waals surface area contributed by atoms with Crippen LogP contribution in [-0.4, -0.2) is 28.9 Å². The summed E-state index contributed by atoms with van der Waals surface area (Å²) >= 11 is 0. The van der Waals surface area contributed by atoms with E-state index in [2.05, 4.69) is 4.98 Å². The molecule has 1 amide bonds. The summed E-state index contributed by atoms with van der Waals surface area (Å²) in [5.74, 6) is 0.680. The highest BCUT2D eigenvalue weighted by molar-refractivity contribution is 5.98. The van der Waals surface area contributed by atoms with E-state index in [1.807, 2.05) is 53.2 Å². The van der Waals surface area contributed by atoms with E-state index < -0.39 is 0 Å². The minimum atomic E-state index is -0.0466. The minimum absolute atomic E-state index is 0.0466. The number of fused-ring (bicyclic) bond motifs is 2. The Kier molecular flexibility index (Phi) is 2.47. The van der Waals surface area contributed by atoms with Crippen molar-refractivity contribution in [3.63, 3.8) is 0 Å². The van der Waals surface area contributed by atoms with Gasteiger partial charge in [-0.05, 0) is 30.3 Å². The molecule has 0 bridgehead atoms. The number of anilines is 1. The minimum Gasteiger partial charge on any atom is -0.482 e. The molecule has 0 N–H and O–H groups in total. The zero-order valence-electron chi connectivity index (χ0n) is 11.5. The maximum atomic E-state index is 11.7. The second-order valence-corrected chi connectivity index (χ2v) is 5.02. The number of carbonyl (C=O) groups excluding carboxylic acids is 1. The van der Waals surface area contributed by atoms with E-state index in [-0.39, 0.29) is 12.5 Å². The van der Waals surface area contributed by atoms with Crippen LogP contribution in [0.4, 0.5) is 5.69 Å². The molecule has 3 heterocycles. The van der Waals surface area contributed by atoms with E-state index in [1.54, 1.807) is 11.9 Å². The van der Waals surface area contributed by atoms with Crippen molar-refractivity contribution in [1.82, 2.24) is 9.38 Å². The molecular weight excluding hydrogens is 266 g/mol. The maximum absolute atomic E-state index is 11.7. The first kappa shape index (κ1) is 12.0. The molecule has 0 unspecified atom stereocenters. The number of aromatic nitrogens is 2. The van der Waals surface area contributed by atoms with Gasteiger partial charge in [-0.1, -0.05) is 6.07 Å². The van der Waals surface area contributed by atoms with E-state index in [9.17, 15) is 4.79 Å². The van der Waals surface area contributed by atoms with Crippen molar-refractivity contribution in [2.75, 3.05) is 18.6 Å². The summed E-state index contributed by atoms with van der Waals surface area (Å²) < 4.78 is 7.41. The van der Waals surface area contributed by atoms with Gasteiger partial charge in [0.2, 0.25) is 0 Å². The smallest absolute Gasteiger partial charge is 0.264 e. The molecular formula is C16H13N3O2. The molecule has 3 aromatic rings. The number of likely N-dealkylation sites (N-methyl/N-ethyl adjacent to an activating group) is 1. The predicted octanol–water partition coefficient (Wildman–Crippen LogP) is 2.36. The highest BCUT2D eigenvalue weighted by Gasteiger charge is 2.22. The third kappa shape index (κ3) is 1.86. The number of hydrogen-bond donors (Lipinski definition) is 0. The van der Waals surface area contributed by atoms with Crippen molar-refractivity contribution in [3.8, 4) is 17.0 Å². The van der Waals surface area contributed by atoms with Crippen LogP contribution < -0.4 is 9.64 Å². The van der Waals surface area contributed by atoms with Crippen molar-refractivity contribution in [1.29, 1.82) is 0 Å². The summed E-state index contributed by atoms with van der Waals surface area (Å²) in [5.41, 5.74) is 3.50. The molecule has 0 aliphatic carbocycles. The Morgan fingerprint density at radius 2 is 2.14 bits per heavy atom. The van der Waals surface area contributed by atoms with Gasteiger partial charge < -0.3 is 14.0 Å². The van der Waals surface area contributed by atoms with Gasteiger partial charge in [0, 0.05) is 25.0 Å². The molecule has 104 valence electrons. The first-order valence-electron chi connectivity index (χ1n) is 6.70. The Balaban J connectivity index is 1.84. The summed E-state index contributed by atoms with van der Waals surface area (Å²) in [5, 5.41) is 0. The standard InChI is InChI=1S/C16H13N3O2/c1-18-13-8-11(5-6-14(13)21-10-16(18)20)12-9-19-7-3-2-4-15(19)17-12/h2-9H,10H2,1H3. The van der Waals surface area contributed by atoms with E-state index in [0.717, 1.165) is 28.3 Å². The van der Waals surface area contributed by atoms with Gasteiger partial charge in [-0.3, -0.25) is 4.79 Å². The van der Waals surface area contributed by atoms with Crippen LogP contribution in [-0.2, 0) is 4.79 Å².